The predicted molar refractivity (Wildman–Crippen MR) is 48.7 cm³/mol. The van der Waals surface area contributed by atoms with Crippen LogP contribution in [-0.4, -0.2) is 39.0 Å². The van der Waals surface area contributed by atoms with Gasteiger partial charge in [0.15, 0.2) is 0 Å². The first kappa shape index (κ1) is 9.83. The molecule has 0 aromatic rings. The summed E-state index contributed by atoms with van der Waals surface area (Å²) in [6, 6.07) is 0. The largest absolute Gasteiger partial charge is 0.382 e. The number of ether oxygens (including phenoxy) is 1. The van der Waals surface area contributed by atoms with E-state index in [-0.39, 0.29) is 14.3 Å². The van der Waals surface area contributed by atoms with Crippen molar-refractivity contribution in [2.75, 3.05) is 32.9 Å². The lowest BCUT2D eigenvalue weighted by Crippen LogP contribution is -2.19. The Bertz CT molecular complexity index is 112. The molecule has 1 aliphatic rings. The van der Waals surface area contributed by atoms with E-state index in [0.29, 0.717) is 22.0 Å². The Hall–Kier alpha value is 0.740. The van der Waals surface area contributed by atoms with Crippen molar-refractivity contribution in [1.29, 1.82) is 0 Å². The predicted octanol–water partition coefficient (Wildman–Crippen LogP) is 1.63. The molecule has 11 heavy (non-hydrogen) atoms. The molecule has 3 atom stereocenters. The quantitative estimate of drug-likeness (QED) is 0.628. The van der Waals surface area contributed by atoms with Gasteiger partial charge in [0.1, 0.15) is 6.10 Å². The van der Waals surface area contributed by atoms with E-state index in [1.54, 1.807) is 7.11 Å². The van der Waals surface area contributed by atoms with E-state index in [1.165, 1.54) is 0 Å². The minimum Gasteiger partial charge on any atom is -0.382 e. The molecule has 1 aliphatic heterocycles. The fourth-order valence-electron chi connectivity index (χ4n) is 0.804. The van der Waals surface area contributed by atoms with Crippen LogP contribution in [0.3, 0.4) is 0 Å². The zero-order valence-corrected chi connectivity index (χ0v) is 8.77. The molecule has 0 bridgehead atoms. The molecule has 0 N–H and O–H groups in total. The van der Waals surface area contributed by atoms with Gasteiger partial charge in [-0.05, 0) is 6.66 Å². The van der Waals surface area contributed by atoms with Crippen molar-refractivity contribution in [3.05, 3.63) is 0 Å². The van der Waals surface area contributed by atoms with Crippen molar-refractivity contribution in [1.82, 2.24) is 0 Å². The second kappa shape index (κ2) is 5.40. The molecule has 1 heterocycles. The van der Waals surface area contributed by atoms with E-state index in [0.717, 1.165) is 5.90 Å². The van der Waals surface area contributed by atoms with Crippen LogP contribution in [-0.2, 0) is 13.8 Å². The van der Waals surface area contributed by atoms with Crippen molar-refractivity contribution in [3.63, 3.8) is 0 Å². The van der Waals surface area contributed by atoms with Crippen LogP contribution in [0, 0.1) is 0 Å². The summed E-state index contributed by atoms with van der Waals surface area (Å²) in [5.41, 5.74) is 0. The maximum absolute atomic E-state index is 5.53. The molecule has 0 radical (unpaired) electrons. The maximum Gasteiger partial charge on any atom is 0.108 e. The summed E-state index contributed by atoms with van der Waals surface area (Å²) in [6.07, 6.45) is 0.158. The molecule has 66 valence electrons. The van der Waals surface area contributed by atoms with Gasteiger partial charge in [-0.2, -0.15) is 0 Å². The Morgan fingerprint density at radius 2 is 2.55 bits per heavy atom. The lowest BCUT2D eigenvalue weighted by atomic mass is 10.4. The van der Waals surface area contributed by atoms with Crippen molar-refractivity contribution < 1.29 is 13.8 Å². The second-order valence-electron chi connectivity index (χ2n) is 2.42. The lowest BCUT2D eigenvalue weighted by molar-refractivity contribution is 0.0649. The third-order valence-electron chi connectivity index (χ3n) is 1.37. The van der Waals surface area contributed by atoms with Gasteiger partial charge >= 0.3 is 0 Å². The van der Waals surface area contributed by atoms with Crippen LogP contribution in [0.4, 0.5) is 0 Å². The Morgan fingerprint density at radius 1 is 1.73 bits per heavy atom. The summed E-state index contributed by atoms with van der Waals surface area (Å²) in [6.45, 7) is 3.49. The molecule has 0 aliphatic carbocycles. The molecule has 3 unspecified atom stereocenters. The minimum atomic E-state index is -0.224. The summed E-state index contributed by atoms with van der Waals surface area (Å²) >= 11 is 0. The molecular formula is C6H14O3P2. The molecule has 0 aromatic heterocycles. The monoisotopic (exact) mass is 196 g/mol. The normalized spacial score (nSPS) is 35.5. The highest BCUT2D eigenvalue weighted by atomic mass is 31.2. The van der Waals surface area contributed by atoms with Crippen LogP contribution >= 0.6 is 17.0 Å². The number of hydrogen-bond donors (Lipinski definition) is 0. The lowest BCUT2D eigenvalue weighted by Gasteiger charge is -2.12. The van der Waals surface area contributed by atoms with Crippen LogP contribution in [0.5, 0.6) is 0 Å². The molecule has 0 amide bonds. The number of hydrogen-bond acceptors (Lipinski definition) is 3. The average Bonchev–Trinajstić information content (AvgIpc) is 2.17. The summed E-state index contributed by atoms with van der Waals surface area (Å²) in [7, 11) is 2.05. The number of rotatable bonds is 2. The second-order valence-corrected chi connectivity index (χ2v) is 5.72. The highest BCUT2D eigenvalue weighted by Gasteiger charge is 2.16. The number of methoxy groups -OCH3 is 1. The van der Waals surface area contributed by atoms with Crippen molar-refractivity contribution >= 4 is 17.0 Å². The van der Waals surface area contributed by atoms with E-state index in [1.807, 2.05) is 0 Å². The first-order valence-electron chi connectivity index (χ1n) is 3.54. The molecule has 0 spiro atoms. The summed E-state index contributed by atoms with van der Waals surface area (Å²) in [4.78, 5) is 0. The average molecular weight is 196 g/mol. The minimum absolute atomic E-state index is 0.158. The van der Waals surface area contributed by atoms with Crippen LogP contribution in [0.25, 0.3) is 0 Å². The SMILES string of the molecule is COCC1COP(C)CPO1. The van der Waals surface area contributed by atoms with E-state index < -0.39 is 0 Å². The fourth-order valence-corrected chi connectivity index (χ4v) is 2.99. The van der Waals surface area contributed by atoms with Crippen LogP contribution in [0.15, 0.2) is 0 Å². The topological polar surface area (TPSA) is 27.7 Å². The summed E-state index contributed by atoms with van der Waals surface area (Å²) in [5.74, 6) is 1.08. The summed E-state index contributed by atoms with van der Waals surface area (Å²) in [5, 5.41) is 0. The Morgan fingerprint density at radius 3 is 3.27 bits per heavy atom. The molecule has 0 aromatic carbocycles. The molecular weight excluding hydrogens is 182 g/mol. The summed E-state index contributed by atoms with van der Waals surface area (Å²) < 4.78 is 16.0. The van der Waals surface area contributed by atoms with Gasteiger partial charge < -0.3 is 13.8 Å². The standard InChI is InChI=1S/C6H14O3P2/c1-7-3-6-4-8-11(2)5-10-9-6/h6,10H,3-5H2,1-2H3. The van der Waals surface area contributed by atoms with E-state index in [4.69, 9.17) is 13.8 Å². The molecule has 0 saturated carbocycles. The molecule has 1 saturated heterocycles. The smallest absolute Gasteiger partial charge is 0.108 e. The van der Waals surface area contributed by atoms with Gasteiger partial charge in [0, 0.05) is 30.0 Å². The zero-order valence-electron chi connectivity index (χ0n) is 6.87. The third-order valence-corrected chi connectivity index (χ3v) is 4.76. The highest BCUT2D eigenvalue weighted by Crippen LogP contribution is 2.42. The molecule has 3 nitrogen and oxygen atoms in total. The van der Waals surface area contributed by atoms with Crippen molar-refractivity contribution in [2.24, 2.45) is 0 Å². The fraction of sp³-hybridized carbons (Fsp3) is 1.00. The Labute approximate surface area is 70.5 Å². The first-order chi connectivity index (χ1) is 5.33. The van der Waals surface area contributed by atoms with Gasteiger partial charge in [-0.1, -0.05) is 0 Å². The molecule has 1 rings (SSSR count). The van der Waals surface area contributed by atoms with Gasteiger partial charge in [-0.25, -0.2) is 0 Å². The van der Waals surface area contributed by atoms with Crippen LogP contribution in [0.1, 0.15) is 0 Å². The first-order valence-corrected chi connectivity index (χ1v) is 6.55. The van der Waals surface area contributed by atoms with Gasteiger partial charge in [-0.3, -0.25) is 0 Å². The molecule has 5 heteroatoms. The van der Waals surface area contributed by atoms with Crippen LogP contribution < -0.4 is 0 Å². The van der Waals surface area contributed by atoms with Crippen LogP contribution in [0.2, 0.25) is 0 Å². The van der Waals surface area contributed by atoms with E-state index >= 15 is 0 Å². The zero-order chi connectivity index (χ0) is 8.10. The Kier molecular flexibility index (Phi) is 4.82. The van der Waals surface area contributed by atoms with E-state index in [9.17, 15) is 0 Å². The van der Waals surface area contributed by atoms with Crippen molar-refractivity contribution in [3.8, 4) is 0 Å². The van der Waals surface area contributed by atoms with Gasteiger partial charge in [0.05, 0.1) is 13.2 Å². The molecule has 1 fully saturated rings. The van der Waals surface area contributed by atoms with Gasteiger partial charge in [-0.15, -0.1) is 0 Å². The third kappa shape index (κ3) is 3.78. The Balaban J connectivity index is 2.22. The highest BCUT2D eigenvalue weighted by molar-refractivity contribution is 7.62. The van der Waals surface area contributed by atoms with Crippen molar-refractivity contribution in [2.45, 2.75) is 6.10 Å². The maximum atomic E-state index is 5.53. The van der Waals surface area contributed by atoms with Gasteiger partial charge in [0.25, 0.3) is 0 Å². The van der Waals surface area contributed by atoms with Gasteiger partial charge in [0.2, 0.25) is 0 Å². The van der Waals surface area contributed by atoms with E-state index in [2.05, 4.69) is 6.66 Å².